The zero-order chi connectivity index (χ0) is 14.2. The van der Waals surface area contributed by atoms with Crippen LogP contribution in [0.2, 0.25) is 0 Å². The Morgan fingerprint density at radius 2 is 2.15 bits per heavy atom. The molecule has 0 N–H and O–H groups in total. The number of hydrogen-bond acceptors (Lipinski definition) is 4. The van der Waals surface area contributed by atoms with Crippen LogP contribution in [0.25, 0.3) is 0 Å². The van der Waals surface area contributed by atoms with E-state index in [2.05, 4.69) is 13.1 Å². The van der Waals surface area contributed by atoms with E-state index in [0.717, 1.165) is 50.0 Å². The maximum Gasteiger partial charge on any atom is 0.498 e. The molecule has 0 bridgehead atoms. The third kappa shape index (κ3) is 2.01. The number of nitrogens with zero attached hydrogens (tertiary/aromatic N) is 1. The average Bonchev–Trinajstić information content (AvgIpc) is 2.93. The summed E-state index contributed by atoms with van der Waals surface area (Å²) in [5, 5.41) is 0. The molecule has 2 saturated heterocycles. The van der Waals surface area contributed by atoms with E-state index in [1.165, 1.54) is 5.47 Å². The fourth-order valence-corrected chi connectivity index (χ4v) is 4.02. The number of allylic oxidation sites excluding steroid dienone is 2. The van der Waals surface area contributed by atoms with Crippen LogP contribution in [0, 0.1) is 5.92 Å². The molecule has 3 rings (SSSR count). The minimum Gasteiger partial charge on any atom is -0.506 e. The Morgan fingerprint density at radius 1 is 1.45 bits per heavy atom. The average molecular weight is 281 g/mol. The first-order valence-electron chi connectivity index (χ1n) is 7.73. The summed E-state index contributed by atoms with van der Waals surface area (Å²) in [5.41, 5.74) is 1.20. The van der Waals surface area contributed by atoms with Gasteiger partial charge in [0, 0.05) is 7.05 Å². The predicted molar refractivity (Wildman–Crippen MR) is 75.6 cm³/mol. The summed E-state index contributed by atoms with van der Waals surface area (Å²) in [5.74, 6) is -0.108. The topological polar surface area (TPSA) is 44.8 Å². The zero-order valence-corrected chi connectivity index (χ0v) is 12.5. The Morgan fingerprint density at radius 3 is 2.80 bits per heavy atom. The van der Waals surface area contributed by atoms with Crippen molar-refractivity contribution in [1.82, 2.24) is 0 Å². The van der Waals surface area contributed by atoms with Crippen LogP contribution in [0.3, 0.4) is 0 Å². The van der Waals surface area contributed by atoms with Crippen LogP contribution in [0.5, 0.6) is 0 Å². The van der Waals surface area contributed by atoms with E-state index in [1.807, 2.05) is 6.92 Å². The summed E-state index contributed by atoms with van der Waals surface area (Å²) in [6, 6.07) is 0. The van der Waals surface area contributed by atoms with Crippen molar-refractivity contribution in [2.24, 2.45) is 5.92 Å². The number of likely N-dealkylation sites (N-methyl/N-ethyl adjacent to an activating group) is 1. The monoisotopic (exact) mass is 281 g/mol. The number of rotatable bonds is 3. The molecule has 0 radical (unpaired) electrons. The first kappa shape index (κ1) is 14.1. The van der Waals surface area contributed by atoms with Crippen LogP contribution in [0.1, 0.15) is 26.2 Å². The summed E-state index contributed by atoms with van der Waals surface area (Å²) in [6.45, 7) is 4.40. The Labute approximate surface area is 120 Å². The molecule has 5 nitrogen and oxygen atoms in total. The summed E-state index contributed by atoms with van der Waals surface area (Å²) in [6.07, 6.45) is 4.75. The van der Waals surface area contributed by atoms with Crippen molar-refractivity contribution in [2.75, 3.05) is 40.0 Å². The van der Waals surface area contributed by atoms with Crippen molar-refractivity contribution >= 4 is 12.7 Å². The van der Waals surface area contributed by atoms with Crippen LogP contribution in [0.15, 0.2) is 11.5 Å². The molecule has 6 heteroatoms. The van der Waals surface area contributed by atoms with Gasteiger partial charge >= 0.3 is 12.7 Å². The van der Waals surface area contributed by atoms with Gasteiger partial charge in [-0.3, -0.25) is 4.79 Å². The Balaban J connectivity index is 1.80. The lowest BCUT2D eigenvalue weighted by atomic mass is 9.56. The third-order valence-corrected chi connectivity index (χ3v) is 5.20. The highest BCUT2D eigenvalue weighted by Crippen LogP contribution is 2.42. The van der Waals surface area contributed by atoms with Crippen LogP contribution >= 0.6 is 0 Å². The first-order chi connectivity index (χ1) is 9.61. The highest BCUT2D eigenvalue weighted by atomic mass is 16.6. The summed E-state index contributed by atoms with van der Waals surface area (Å²) in [4.78, 5) is 12.0. The minimum absolute atomic E-state index is 0.0342. The molecular weight excluding hydrogens is 257 g/mol. The van der Waals surface area contributed by atoms with E-state index in [0.29, 0.717) is 6.61 Å². The van der Waals surface area contributed by atoms with E-state index >= 15 is 0 Å². The lowest BCUT2D eigenvalue weighted by Crippen LogP contribution is -2.62. The number of fused-ring (bicyclic) bond motifs is 1. The predicted octanol–water partition coefficient (Wildman–Crippen LogP) is 1.26. The molecule has 2 aliphatic heterocycles. The number of esters is 1. The van der Waals surface area contributed by atoms with Crippen LogP contribution in [-0.4, -0.2) is 57.0 Å². The van der Waals surface area contributed by atoms with E-state index in [-0.39, 0.29) is 11.9 Å². The molecular formula is C14H24BNO4. The van der Waals surface area contributed by atoms with Gasteiger partial charge in [-0.25, -0.2) is 0 Å². The van der Waals surface area contributed by atoms with Gasteiger partial charge in [-0.2, -0.15) is 0 Å². The summed E-state index contributed by atoms with van der Waals surface area (Å²) in [7, 11) is 2.22. The number of quaternary nitrogens is 1. The van der Waals surface area contributed by atoms with E-state index < -0.39 is 6.69 Å². The van der Waals surface area contributed by atoms with Gasteiger partial charge in [0.05, 0.1) is 38.8 Å². The summed E-state index contributed by atoms with van der Waals surface area (Å²) >= 11 is 0. The SMILES string of the molecule is CCOC(=O)C1CCC=C([B-]23OCC[N+]2(C)CCO3)C1. The molecule has 112 valence electrons. The maximum atomic E-state index is 12.0. The quantitative estimate of drug-likeness (QED) is 0.577. The second kappa shape index (κ2) is 5.17. The first-order valence-corrected chi connectivity index (χ1v) is 7.73. The van der Waals surface area contributed by atoms with Gasteiger partial charge in [0.1, 0.15) is 0 Å². The second-order valence-electron chi connectivity index (χ2n) is 6.35. The van der Waals surface area contributed by atoms with Crippen LogP contribution < -0.4 is 0 Å². The largest absolute Gasteiger partial charge is 0.506 e. The van der Waals surface area contributed by atoms with Gasteiger partial charge in [0.25, 0.3) is 0 Å². The molecule has 0 aromatic rings. The molecule has 0 saturated carbocycles. The van der Waals surface area contributed by atoms with Crippen molar-refractivity contribution in [1.29, 1.82) is 0 Å². The fraction of sp³-hybridized carbons (Fsp3) is 0.786. The molecule has 0 aromatic carbocycles. The molecule has 0 aromatic heterocycles. The van der Waals surface area contributed by atoms with Gasteiger partial charge in [-0.1, -0.05) is 0 Å². The lowest BCUT2D eigenvalue weighted by Gasteiger charge is -2.46. The normalized spacial score (nSPS) is 40.3. The molecule has 20 heavy (non-hydrogen) atoms. The van der Waals surface area contributed by atoms with Gasteiger partial charge in [-0.05, 0) is 26.2 Å². The Kier molecular flexibility index (Phi) is 3.64. The molecule has 2 heterocycles. The van der Waals surface area contributed by atoms with Gasteiger partial charge in [0.2, 0.25) is 0 Å². The third-order valence-electron chi connectivity index (χ3n) is 5.20. The standard InChI is InChI=1S/C14H24BNO4/c1-3-18-14(17)12-5-4-6-13(11-12)15-16(2,7-9-19-15)8-10-20-15/h6,12H,3-5,7-11H2,1-2H3. The number of carbonyl (C=O) groups excluding carboxylic acids is 1. The van der Waals surface area contributed by atoms with Crippen molar-refractivity contribution < 1.29 is 23.2 Å². The minimum atomic E-state index is -1.40. The smallest absolute Gasteiger partial charge is 0.498 e. The molecule has 3 aliphatic rings. The van der Waals surface area contributed by atoms with E-state index in [4.69, 9.17) is 14.0 Å². The van der Waals surface area contributed by atoms with E-state index in [9.17, 15) is 4.79 Å². The molecule has 2 fully saturated rings. The highest BCUT2D eigenvalue weighted by Gasteiger charge is 2.58. The molecule has 0 spiro atoms. The van der Waals surface area contributed by atoms with Gasteiger partial charge in [0.15, 0.2) is 0 Å². The molecule has 1 atom stereocenters. The van der Waals surface area contributed by atoms with Gasteiger partial charge in [-0.15, -0.1) is 11.5 Å². The summed E-state index contributed by atoms with van der Waals surface area (Å²) < 4.78 is 18.2. The second-order valence-corrected chi connectivity index (χ2v) is 6.35. The lowest BCUT2D eigenvalue weighted by molar-refractivity contribution is -0.799. The number of ether oxygens (including phenoxy) is 1. The van der Waals surface area contributed by atoms with Crippen molar-refractivity contribution in [3.63, 3.8) is 0 Å². The number of hydrogen-bond donors (Lipinski definition) is 0. The Bertz CT molecular complexity index is 427. The number of carbonyl (C=O) groups is 1. The Hall–Kier alpha value is -0.845. The van der Waals surface area contributed by atoms with Crippen LogP contribution in [0.4, 0.5) is 0 Å². The van der Waals surface area contributed by atoms with Crippen LogP contribution in [-0.2, 0) is 18.8 Å². The van der Waals surface area contributed by atoms with Crippen molar-refractivity contribution in [3.8, 4) is 0 Å². The molecule has 1 unspecified atom stereocenters. The maximum absolute atomic E-state index is 12.0. The molecule has 0 amide bonds. The van der Waals surface area contributed by atoms with Crippen molar-refractivity contribution in [2.45, 2.75) is 26.2 Å². The zero-order valence-electron chi connectivity index (χ0n) is 12.5. The molecule has 1 aliphatic carbocycles. The van der Waals surface area contributed by atoms with Gasteiger partial charge < -0.3 is 18.4 Å². The highest BCUT2D eigenvalue weighted by molar-refractivity contribution is 6.68. The fourth-order valence-electron chi connectivity index (χ4n) is 4.02. The van der Waals surface area contributed by atoms with Crippen molar-refractivity contribution in [3.05, 3.63) is 11.5 Å². The van der Waals surface area contributed by atoms with E-state index in [1.54, 1.807) is 0 Å².